The summed E-state index contributed by atoms with van der Waals surface area (Å²) in [6.07, 6.45) is 4.40. The zero-order valence-electron chi connectivity index (χ0n) is 14.7. The van der Waals surface area contributed by atoms with Crippen molar-refractivity contribution >= 4 is 11.8 Å². The van der Waals surface area contributed by atoms with Crippen LogP contribution in [0, 0.1) is 5.41 Å². The van der Waals surface area contributed by atoms with Gasteiger partial charge in [-0.15, -0.1) is 0 Å². The van der Waals surface area contributed by atoms with E-state index in [4.69, 9.17) is 0 Å². The second kappa shape index (κ2) is 7.62. The molecule has 0 bridgehead atoms. The number of hydrogen-bond donors (Lipinski definition) is 2. The molecule has 1 saturated carbocycles. The maximum Gasteiger partial charge on any atom is 0.237 e. The van der Waals surface area contributed by atoms with E-state index in [1.807, 2.05) is 0 Å². The smallest absolute Gasteiger partial charge is 0.237 e. The molecule has 1 heterocycles. The number of carbonyl (C=O) groups is 2. The Labute approximate surface area is 139 Å². The molecule has 0 aromatic heterocycles. The summed E-state index contributed by atoms with van der Waals surface area (Å²) in [5, 5.41) is 12.6. The fourth-order valence-electron chi connectivity index (χ4n) is 3.96. The number of aliphatic hydroxyl groups is 1. The minimum absolute atomic E-state index is 0.0163. The zero-order valence-corrected chi connectivity index (χ0v) is 14.7. The Morgan fingerprint density at radius 1 is 1.43 bits per heavy atom. The van der Waals surface area contributed by atoms with E-state index in [0.29, 0.717) is 13.1 Å². The highest BCUT2D eigenvalue weighted by Crippen LogP contribution is 2.38. The number of nitrogens with zero attached hydrogens (tertiary/aromatic N) is 2. The number of hydrogen-bond acceptors (Lipinski definition) is 4. The maximum atomic E-state index is 12.6. The van der Waals surface area contributed by atoms with Crippen molar-refractivity contribution in [3.8, 4) is 0 Å². The van der Waals surface area contributed by atoms with Gasteiger partial charge >= 0.3 is 0 Å². The van der Waals surface area contributed by atoms with Gasteiger partial charge in [-0.3, -0.25) is 14.5 Å². The molecule has 6 heteroatoms. The molecule has 2 rings (SSSR count). The van der Waals surface area contributed by atoms with Gasteiger partial charge in [0.25, 0.3) is 0 Å². The minimum Gasteiger partial charge on any atom is -0.396 e. The van der Waals surface area contributed by atoms with Crippen LogP contribution in [0.3, 0.4) is 0 Å². The van der Waals surface area contributed by atoms with E-state index in [-0.39, 0.29) is 42.3 Å². The quantitative estimate of drug-likeness (QED) is 0.750. The van der Waals surface area contributed by atoms with Gasteiger partial charge in [0.2, 0.25) is 11.8 Å². The molecule has 1 atom stereocenters. The van der Waals surface area contributed by atoms with Gasteiger partial charge in [0.15, 0.2) is 0 Å². The molecule has 0 radical (unpaired) electrons. The predicted molar refractivity (Wildman–Crippen MR) is 88.9 cm³/mol. The van der Waals surface area contributed by atoms with Gasteiger partial charge in [0.1, 0.15) is 0 Å². The summed E-state index contributed by atoms with van der Waals surface area (Å²) in [5.74, 6) is -0.0677. The number of piperazine rings is 1. The molecule has 2 fully saturated rings. The molecule has 6 nitrogen and oxygen atoms in total. The normalized spacial score (nSPS) is 24.7. The summed E-state index contributed by atoms with van der Waals surface area (Å²) in [6.45, 7) is 6.25. The fraction of sp³-hybridized carbons (Fsp3) is 0.882. The topological polar surface area (TPSA) is 72.9 Å². The first kappa shape index (κ1) is 18.2. The molecule has 1 aliphatic carbocycles. The summed E-state index contributed by atoms with van der Waals surface area (Å²) in [4.78, 5) is 28.6. The van der Waals surface area contributed by atoms with E-state index in [0.717, 1.165) is 32.2 Å². The van der Waals surface area contributed by atoms with Gasteiger partial charge in [0, 0.05) is 38.1 Å². The maximum absolute atomic E-state index is 12.6. The van der Waals surface area contributed by atoms with Crippen molar-refractivity contribution in [3.63, 3.8) is 0 Å². The fourth-order valence-corrected chi connectivity index (χ4v) is 3.96. The van der Waals surface area contributed by atoms with Crippen LogP contribution in [0.1, 0.15) is 46.0 Å². The van der Waals surface area contributed by atoms with Crippen molar-refractivity contribution in [3.05, 3.63) is 0 Å². The Morgan fingerprint density at radius 2 is 2.09 bits per heavy atom. The molecule has 1 saturated heterocycles. The largest absolute Gasteiger partial charge is 0.396 e. The monoisotopic (exact) mass is 325 g/mol. The summed E-state index contributed by atoms with van der Waals surface area (Å²) in [5.41, 5.74) is -0.142. The molecular weight excluding hydrogens is 294 g/mol. The standard InChI is InChI=1S/C17H31N3O3/c1-13(2)20-9-8-18-16(23)14(20)10-15(22)19(3)11-17(12-21)6-4-5-7-17/h13-14,21H,4-12H2,1-3H3,(H,18,23). The van der Waals surface area contributed by atoms with E-state index >= 15 is 0 Å². The third-order valence-corrected chi connectivity index (χ3v) is 5.40. The third kappa shape index (κ3) is 4.23. The van der Waals surface area contributed by atoms with Crippen LogP contribution >= 0.6 is 0 Å². The summed E-state index contributed by atoms with van der Waals surface area (Å²) in [7, 11) is 1.79. The molecule has 1 unspecified atom stereocenters. The van der Waals surface area contributed by atoms with Gasteiger partial charge in [-0.25, -0.2) is 0 Å². The summed E-state index contributed by atoms with van der Waals surface area (Å²) in [6, 6.07) is -0.143. The van der Waals surface area contributed by atoms with E-state index in [1.54, 1.807) is 11.9 Å². The van der Waals surface area contributed by atoms with Gasteiger partial charge in [-0.2, -0.15) is 0 Å². The van der Waals surface area contributed by atoms with Crippen LogP contribution in [-0.2, 0) is 9.59 Å². The second-order valence-electron chi connectivity index (χ2n) is 7.46. The SMILES string of the molecule is CC(C)N1CCNC(=O)C1CC(=O)N(C)CC1(CO)CCCC1. The Hall–Kier alpha value is -1.14. The van der Waals surface area contributed by atoms with Crippen molar-refractivity contribution in [2.24, 2.45) is 5.41 Å². The molecule has 2 N–H and O–H groups in total. The molecule has 1 aliphatic heterocycles. The van der Waals surface area contributed by atoms with Crippen LogP contribution < -0.4 is 5.32 Å². The Bertz CT molecular complexity index is 433. The van der Waals surface area contributed by atoms with E-state index in [2.05, 4.69) is 24.1 Å². The minimum atomic E-state index is -0.382. The second-order valence-corrected chi connectivity index (χ2v) is 7.46. The molecule has 0 aromatic rings. The number of amides is 2. The number of carbonyl (C=O) groups excluding carboxylic acids is 2. The lowest BCUT2D eigenvalue weighted by Crippen LogP contribution is -2.58. The molecule has 2 aliphatic rings. The van der Waals surface area contributed by atoms with Gasteiger partial charge < -0.3 is 15.3 Å². The van der Waals surface area contributed by atoms with Crippen LogP contribution in [0.25, 0.3) is 0 Å². The molecule has 0 aromatic carbocycles. The highest BCUT2D eigenvalue weighted by Gasteiger charge is 2.37. The zero-order chi connectivity index (χ0) is 17.0. The van der Waals surface area contributed by atoms with Crippen molar-refractivity contribution in [2.75, 3.05) is 33.3 Å². The van der Waals surface area contributed by atoms with Gasteiger partial charge in [0.05, 0.1) is 19.1 Å². The number of aliphatic hydroxyl groups excluding tert-OH is 1. The molecule has 0 spiro atoms. The van der Waals surface area contributed by atoms with Crippen molar-refractivity contribution in [1.29, 1.82) is 0 Å². The highest BCUT2D eigenvalue weighted by molar-refractivity contribution is 5.88. The first-order chi connectivity index (χ1) is 10.9. The van der Waals surface area contributed by atoms with Crippen LogP contribution in [0.15, 0.2) is 0 Å². The first-order valence-electron chi connectivity index (χ1n) is 8.77. The van der Waals surface area contributed by atoms with E-state index < -0.39 is 0 Å². The van der Waals surface area contributed by atoms with Crippen LogP contribution in [0.4, 0.5) is 0 Å². The molecule has 23 heavy (non-hydrogen) atoms. The van der Waals surface area contributed by atoms with Gasteiger partial charge in [-0.1, -0.05) is 12.8 Å². The van der Waals surface area contributed by atoms with E-state index in [9.17, 15) is 14.7 Å². The molecule has 2 amide bonds. The lowest BCUT2D eigenvalue weighted by atomic mass is 9.86. The van der Waals surface area contributed by atoms with Crippen LogP contribution in [0.5, 0.6) is 0 Å². The van der Waals surface area contributed by atoms with Gasteiger partial charge in [-0.05, 0) is 26.7 Å². The Kier molecular flexibility index (Phi) is 6.03. The van der Waals surface area contributed by atoms with Crippen molar-refractivity contribution in [1.82, 2.24) is 15.1 Å². The number of nitrogens with one attached hydrogen (secondary N) is 1. The first-order valence-corrected chi connectivity index (χ1v) is 8.77. The predicted octanol–water partition coefficient (Wildman–Crippen LogP) is 0.596. The van der Waals surface area contributed by atoms with Crippen molar-refractivity contribution in [2.45, 2.75) is 58.0 Å². The van der Waals surface area contributed by atoms with E-state index in [1.165, 1.54) is 0 Å². The highest BCUT2D eigenvalue weighted by atomic mass is 16.3. The number of rotatable bonds is 6. The average molecular weight is 325 g/mol. The molecular formula is C17H31N3O3. The molecule has 132 valence electrons. The summed E-state index contributed by atoms with van der Waals surface area (Å²) < 4.78 is 0. The lowest BCUT2D eigenvalue weighted by molar-refractivity contribution is -0.139. The lowest BCUT2D eigenvalue weighted by Gasteiger charge is -2.38. The Morgan fingerprint density at radius 3 is 2.65 bits per heavy atom. The third-order valence-electron chi connectivity index (χ3n) is 5.40. The Balaban J connectivity index is 1.97. The van der Waals surface area contributed by atoms with Crippen molar-refractivity contribution < 1.29 is 14.7 Å². The summed E-state index contributed by atoms with van der Waals surface area (Å²) >= 11 is 0. The average Bonchev–Trinajstić information content (AvgIpc) is 2.98. The van der Waals surface area contributed by atoms with Crippen LogP contribution in [-0.4, -0.2) is 72.1 Å². The van der Waals surface area contributed by atoms with Crippen LogP contribution in [0.2, 0.25) is 0 Å².